The van der Waals surface area contributed by atoms with Crippen molar-refractivity contribution >= 4 is 39.6 Å². The van der Waals surface area contributed by atoms with Crippen molar-refractivity contribution in [3.05, 3.63) is 59.7 Å². The highest BCUT2D eigenvalue weighted by Crippen LogP contribution is 2.26. The van der Waals surface area contributed by atoms with Gasteiger partial charge in [-0.05, 0) is 53.7 Å². The molecule has 1 unspecified atom stereocenters. The van der Waals surface area contributed by atoms with E-state index in [1.54, 1.807) is 36.4 Å². The Labute approximate surface area is 209 Å². The Bertz CT molecular complexity index is 1170. The Kier molecular flexibility index (Phi) is 9.30. The number of thioether (sulfide) groups is 1. The van der Waals surface area contributed by atoms with Gasteiger partial charge in [0, 0.05) is 24.6 Å². The third-order valence-electron chi connectivity index (χ3n) is 5.62. The number of carbonyl (C=O) groups excluding carboxylic acids is 2. The van der Waals surface area contributed by atoms with Crippen molar-refractivity contribution < 1.29 is 27.9 Å². The van der Waals surface area contributed by atoms with Crippen molar-refractivity contribution in [1.29, 1.82) is 0 Å². The maximum atomic E-state index is 13.0. The van der Waals surface area contributed by atoms with Gasteiger partial charge in [-0.2, -0.15) is 11.8 Å². The highest BCUT2D eigenvalue weighted by atomic mass is 32.2. The van der Waals surface area contributed by atoms with Crippen molar-refractivity contribution in [3.63, 3.8) is 0 Å². The molecule has 1 heterocycles. The summed E-state index contributed by atoms with van der Waals surface area (Å²) in [5.41, 5.74) is 1.94. The Hall–Kier alpha value is -2.89. The zero-order chi connectivity index (χ0) is 25.4. The number of nitrogens with one attached hydrogen (secondary N) is 3. The van der Waals surface area contributed by atoms with Crippen molar-refractivity contribution in [1.82, 2.24) is 15.4 Å². The van der Waals surface area contributed by atoms with Gasteiger partial charge < -0.3 is 15.7 Å². The summed E-state index contributed by atoms with van der Waals surface area (Å²) in [6.45, 7) is 0.118. The van der Waals surface area contributed by atoms with E-state index in [-0.39, 0.29) is 36.2 Å². The molecule has 3 rings (SSSR count). The minimum Gasteiger partial charge on any atom is -0.480 e. The van der Waals surface area contributed by atoms with E-state index < -0.39 is 27.9 Å². The molecule has 35 heavy (non-hydrogen) atoms. The molecule has 0 aromatic heterocycles. The molecule has 2 atom stereocenters. The molecule has 1 aliphatic heterocycles. The lowest BCUT2D eigenvalue weighted by Gasteiger charge is -2.17. The van der Waals surface area contributed by atoms with Gasteiger partial charge in [0.2, 0.25) is 15.9 Å². The molecule has 1 saturated heterocycles. The van der Waals surface area contributed by atoms with Crippen LogP contribution in [0.3, 0.4) is 0 Å². The van der Waals surface area contributed by atoms with Crippen molar-refractivity contribution in [3.8, 4) is 11.1 Å². The average Bonchev–Trinajstić information content (AvgIpc) is 3.25. The highest BCUT2D eigenvalue weighted by molar-refractivity contribution is 7.98. The predicted octanol–water partition coefficient (Wildman–Crippen LogP) is 1.99. The molecular formula is C24H29N3O6S2. The SMILES string of the molecule is CSCC[C@H](NC(=O)c1ccc(CS(=O)(=O)NCC2CCC(=O)N2)cc1-c1ccccc1)C(=O)O. The molecule has 9 nitrogen and oxygen atoms in total. The van der Waals surface area contributed by atoms with Gasteiger partial charge in [-0.3, -0.25) is 9.59 Å². The topological polar surface area (TPSA) is 142 Å². The van der Waals surface area contributed by atoms with E-state index in [1.807, 2.05) is 12.3 Å². The largest absolute Gasteiger partial charge is 0.480 e. The first-order chi connectivity index (χ1) is 16.7. The fourth-order valence-electron chi connectivity index (χ4n) is 3.79. The van der Waals surface area contributed by atoms with Crippen LogP contribution in [-0.4, -0.2) is 61.9 Å². The molecule has 2 aromatic rings. The van der Waals surface area contributed by atoms with Crippen LogP contribution in [-0.2, 0) is 25.4 Å². The number of rotatable bonds is 12. The average molecular weight is 520 g/mol. The Morgan fingerprint density at radius 2 is 1.94 bits per heavy atom. The quantitative estimate of drug-likeness (QED) is 0.336. The number of hydrogen-bond donors (Lipinski definition) is 4. The summed E-state index contributed by atoms with van der Waals surface area (Å²) in [4.78, 5) is 36.0. The van der Waals surface area contributed by atoms with Crippen LogP contribution in [0.4, 0.5) is 0 Å². The van der Waals surface area contributed by atoms with E-state index in [4.69, 9.17) is 0 Å². The number of hydrogen-bond acceptors (Lipinski definition) is 6. The molecular weight excluding hydrogens is 490 g/mol. The number of carboxylic acids is 1. The zero-order valence-electron chi connectivity index (χ0n) is 19.3. The molecule has 1 fully saturated rings. The maximum Gasteiger partial charge on any atom is 0.326 e. The molecule has 0 spiro atoms. The van der Waals surface area contributed by atoms with E-state index in [2.05, 4.69) is 15.4 Å². The third-order valence-corrected chi connectivity index (χ3v) is 7.58. The van der Waals surface area contributed by atoms with Crippen LogP contribution in [0.15, 0.2) is 48.5 Å². The normalized spacial score (nSPS) is 16.5. The number of benzene rings is 2. The number of sulfonamides is 1. The van der Waals surface area contributed by atoms with Crippen LogP contribution in [0.1, 0.15) is 35.2 Å². The summed E-state index contributed by atoms with van der Waals surface area (Å²) in [5.74, 6) is -1.46. The smallest absolute Gasteiger partial charge is 0.326 e. The molecule has 0 bridgehead atoms. The van der Waals surface area contributed by atoms with Gasteiger partial charge in [-0.1, -0.05) is 36.4 Å². The Morgan fingerprint density at radius 1 is 1.20 bits per heavy atom. The van der Waals surface area contributed by atoms with Gasteiger partial charge in [0.25, 0.3) is 5.91 Å². The molecule has 188 valence electrons. The van der Waals surface area contributed by atoms with Gasteiger partial charge in [0.1, 0.15) is 6.04 Å². The third kappa shape index (κ3) is 7.81. The second-order valence-electron chi connectivity index (χ2n) is 8.30. The standard InChI is InChI=1S/C24H29N3O6S2/c1-34-12-11-21(24(30)31)27-23(29)19-9-7-16(13-20(19)17-5-3-2-4-6-17)15-35(32,33)25-14-18-8-10-22(28)26-18/h2-7,9,13,18,21,25H,8,10-12,14-15H2,1H3,(H,26,28)(H,27,29)(H,30,31)/t18?,21-/m0/s1. The second-order valence-corrected chi connectivity index (χ2v) is 11.1. The molecule has 4 N–H and O–H groups in total. The van der Waals surface area contributed by atoms with Gasteiger partial charge in [-0.15, -0.1) is 0 Å². The number of aliphatic carboxylic acids is 1. The van der Waals surface area contributed by atoms with Crippen LogP contribution in [0.25, 0.3) is 11.1 Å². The van der Waals surface area contributed by atoms with E-state index >= 15 is 0 Å². The molecule has 0 saturated carbocycles. The summed E-state index contributed by atoms with van der Waals surface area (Å²) in [5, 5.41) is 14.8. The van der Waals surface area contributed by atoms with Crippen molar-refractivity contribution in [2.75, 3.05) is 18.6 Å². The lowest BCUT2D eigenvalue weighted by Crippen LogP contribution is -2.41. The van der Waals surface area contributed by atoms with Crippen LogP contribution in [0, 0.1) is 0 Å². The van der Waals surface area contributed by atoms with Gasteiger partial charge in [0.05, 0.1) is 5.75 Å². The van der Waals surface area contributed by atoms with Crippen molar-refractivity contribution in [2.24, 2.45) is 0 Å². The van der Waals surface area contributed by atoms with Gasteiger partial charge >= 0.3 is 5.97 Å². The van der Waals surface area contributed by atoms with E-state index in [0.29, 0.717) is 35.3 Å². The van der Waals surface area contributed by atoms with Crippen LogP contribution in [0.2, 0.25) is 0 Å². The molecule has 2 aromatic carbocycles. The van der Waals surface area contributed by atoms with Crippen LogP contribution < -0.4 is 15.4 Å². The summed E-state index contributed by atoms with van der Waals surface area (Å²) in [6, 6.07) is 12.5. The maximum absolute atomic E-state index is 13.0. The molecule has 1 aliphatic rings. The van der Waals surface area contributed by atoms with Crippen LogP contribution in [0.5, 0.6) is 0 Å². The molecule has 0 radical (unpaired) electrons. The zero-order valence-corrected chi connectivity index (χ0v) is 21.0. The summed E-state index contributed by atoms with van der Waals surface area (Å²) >= 11 is 1.49. The summed E-state index contributed by atoms with van der Waals surface area (Å²) in [6.07, 6.45) is 3.11. The number of carboxylic acid groups (broad SMARTS) is 1. The molecule has 0 aliphatic carbocycles. The first kappa shape index (κ1) is 26.7. The second kappa shape index (κ2) is 12.2. The predicted molar refractivity (Wildman–Crippen MR) is 136 cm³/mol. The monoisotopic (exact) mass is 519 g/mol. The van der Waals surface area contributed by atoms with Crippen molar-refractivity contribution in [2.45, 2.75) is 37.1 Å². The van der Waals surface area contributed by atoms with E-state index in [9.17, 15) is 27.9 Å². The minimum atomic E-state index is -3.69. The lowest BCUT2D eigenvalue weighted by molar-refractivity contribution is -0.139. The lowest BCUT2D eigenvalue weighted by atomic mass is 9.97. The Morgan fingerprint density at radius 3 is 2.57 bits per heavy atom. The summed E-state index contributed by atoms with van der Waals surface area (Å²) < 4.78 is 27.8. The fraction of sp³-hybridized carbons (Fsp3) is 0.375. The molecule has 11 heteroatoms. The number of carbonyl (C=O) groups is 3. The number of amides is 2. The minimum absolute atomic E-state index is 0.0887. The van der Waals surface area contributed by atoms with E-state index in [0.717, 1.165) is 0 Å². The summed E-state index contributed by atoms with van der Waals surface area (Å²) in [7, 11) is -3.69. The van der Waals surface area contributed by atoms with E-state index in [1.165, 1.54) is 17.8 Å². The Balaban J connectivity index is 1.82. The van der Waals surface area contributed by atoms with Gasteiger partial charge in [0.15, 0.2) is 0 Å². The van der Waals surface area contributed by atoms with Crippen LogP contribution >= 0.6 is 11.8 Å². The fourth-order valence-corrected chi connectivity index (χ4v) is 5.44. The van der Waals surface area contributed by atoms with Gasteiger partial charge in [-0.25, -0.2) is 17.9 Å². The first-order valence-corrected chi connectivity index (χ1v) is 14.2. The highest BCUT2D eigenvalue weighted by Gasteiger charge is 2.24. The first-order valence-electron chi connectivity index (χ1n) is 11.2. The molecule has 2 amide bonds.